The zero-order valence-corrected chi connectivity index (χ0v) is 22.6. The van der Waals surface area contributed by atoms with Gasteiger partial charge >= 0.3 is 0 Å². The molecule has 0 aromatic heterocycles. The number of likely N-dealkylation sites (tertiary alicyclic amines) is 1. The third-order valence-corrected chi connectivity index (χ3v) is 7.41. The van der Waals surface area contributed by atoms with Crippen LogP contribution in [0.1, 0.15) is 61.4 Å². The molecule has 2 aliphatic rings. The molecule has 0 unspecified atom stereocenters. The average Bonchev–Trinajstić information content (AvgIpc) is 3.45. The van der Waals surface area contributed by atoms with Crippen molar-refractivity contribution in [3.8, 4) is 11.5 Å². The van der Waals surface area contributed by atoms with Crippen LogP contribution in [0.2, 0.25) is 0 Å². The largest absolute Gasteiger partial charge is 0.507 e. The Kier molecular flexibility index (Phi) is 8.01. The first-order valence-electron chi connectivity index (χ1n) is 13.8. The lowest BCUT2D eigenvalue weighted by Gasteiger charge is -2.25. The highest BCUT2D eigenvalue weighted by molar-refractivity contribution is 6.46. The van der Waals surface area contributed by atoms with Gasteiger partial charge in [0.2, 0.25) is 0 Å². The third kappa shape index (κ3) is 5.70. The number of carbonyl (C=O) groups is 2. The van der Waals surface area contributed by atoms with Gasteiger partial charge in [-0.25, -0.2) is 0 Å². The minimum absolute atomic E-state index is 0.0590. The summed E-state index contributed by atoms with van der Waals surface area (Å²) in [5.74, 6) is 0.0890. The number of amides is 1. The van der Waals surface area contributed by atoms with Crippen molar-refractivity contribution in [3.63, 3.8) is 0 Å². The highest BCUT2D eigenvalue weighted by Crippen LogP contribution is 2.41. The lowest BCUT2D eigenvalue weighted by atomic mass is 9.94. The van der Waals surface area contributed by atoms with Crippen LogP contribution in [0.25, 0.3) is 5.76 Å². The minimum atomic E-state index is -0.703. The van der Waals surface area contributed by atoms with Crippen LogP contribution in [0.4, 0.5) is 0 Å². The molecule has 6 heteroatoms. The predicted molar refractivity (Wildman–Crippen MR) is 151 cm³/mol. The molecule has 5 rings (SSSR count). The fourth-order valence-electron chi connectivity index (χ4n) is 5.36. The number of ketones is 1. The summed E-state index contributed by atoms with van der Waals surface area (Å²) in [7, 11) is 0. The van der Waals surface area contributed by atoms with E-state index < -0.39 is 17.7 Å². The second-order valence-corrected chi connectivity index (χ2v) is 10.3. The zero-order chi connectivity index (χ0) is 27.4. The molecule has 2 aliphatic heterocycles. The van der Waals surface area contributed by atoms with E-state index in [4.69, 9.17) is 9.47 Å². The highest BCUT2D eigenvalue weighted by atomic mass is 16.5. The first-order valence-corrected chi connectivity index (χ1v) is 13.8. The van der Waals surface area contributed by atoms with Crippen LogP contribution in [-0.2, 0) is 22.4 Å². The van der Waals surface area contributed by atoms with E-state index in [2.05, 4.69) is 6.92 Å². The Bertz CT molecular complexity index is 1360. The number of aliphatic hydroxyl groups is 1. The summed E-state index contributed by atoms with van der Waals surface area (Å²) in [5, 5.41) is 11.5. The Morgan fingerprint density at radius 2 is 1.79 bits per heavy atom. The van der Waals surface area contributed by atoms with Gasteiger partial charge in [-0.1, -0.05) is 62.2 Å². The van der Waals surface area contributed by atoms with E-state index in [-0.39, 0.29) is 17.4 Å². The number of fused-ring (bicyclic) bond motifs is 1. The van der Waals surface area contributed by atoms with Crippen molar-refractivity contribution in [2.75, 3.05) is 13.2 Å². The van der Waals surface area contributed by atoms with Crippen LogP contribution in [0.15, 0.2) is 78.4 Å². The second-order valence-electron chi connectivity index (χ2n) is 10.3. The smallest absolute Gasteiger partial charge is 0.295 e. The Morgan fingerprint density at radius 1 is 1.03 bits per heavy atom. The highest BCUT2D eigenvalue weighted by Gasteiger charge is 2.46. The number of Topliss-reactive ketones (excluding diaryl/α,β-unsaturated/α-hetero) is 1. The summed E-state index contributed by atoms with van der Waals surface area (Å²) < 4.78 is 11.7. The number of hydrogen-bond donors (Lipinski definition) is 1. The molecule has 1 N–H and O–H groups in total. The summed E-state index contributed by atoms with van der Waals surface area (Å²) >= 11 is 0. The maximum Gasteiger partial charge on any atom is 0.295 e. The van der Waals surface area contributed by atoms with Crippen LogP contribution in [0.5, 0.6) is 11.5 Å². The molecular formula is C33H35NO5. The van der Waals surface area contributed by atoms with Gasteiger partial charge in [0.05, 0.1) is 18.2 Å². The van der Waals surface area contributed by atoms with Gasteiger partial charge in [-0.2, -0.15) is 0 Å². The number of ether oxygens (including phenoxy) is 2. The molecule has 6 nitrogen and oxygen atoms in total. The summed E-state index contributed by atoms with van der Waals surface area (Å²) in [6, 6.07) is 22.1. The van der Waals surface area contributed by atoms with Gasteiger partial charge in [-0.3, -0.25) is 9.59 Å². The Balaban J connectivity index is 1.49. The van der Waals surface area contributed by atoms with Crippen LogP contribution >= 0.6 is 0 Å². The van der Waals surface area contributed by atoms with Gasteiger partial charge in [0.15, 0.2) is 0 Å². The molecule has 0 radical (unpaired) electrons. The SMILES string of the molecule is CCCCCOc1ccc([C@@H]2C(=C(O)c3ccc4c(c3)C[C@@H](C)O4)C(=O)C(=O)N2CCc2ccccc2)cc1. The normalized spacial score (nSPS) is 19.7. The third-order valence-electron chi connectivity index (χ3n) is 7.41. The van der Waals surface area contributed by atoms with Crippen molar-refractivity contribution < 1.29 is 24.2 Å². The van der Waals surface area contributed by atoms with Crippen molar-refractivity contribution >= 4 is 17.4 Å². The van der Waals surface area contributed by atoms with Crippen molar-refractivity contribution in [1.29, 1.82) is 0 Å². The number of benzene rings is 3. The molecule has 1 amide bonds. The van der Waals surface area contributed by atoms with E-state index >= 15 is 0 Å². The molecule has 0 aliphatic carbocycles. The number of carbonyl (C=O) groups excluding carboxylic acids is 2. The van der Waals surface area contributed by atoms with Crippen molar-refractivity contribution in [3.05, 3.63) is 101 Å². The van der Waals surface area contributed by atoms with Gasteiger partial charge in [-0.05, 0) is 66.8 Å². The number of aliphatic hydroxyl groups excluding tert-OH is 1. The molecule has 202 valence electrons. The number of nitrogens with zero attached hydrogens (tertiary/aromatic N) is 1. The Labute approximate surface area is 229 Å². The number of rotatable bonds is 10. The maximum atomic E-state index is 13.4. The van der Waals surface area contributed by atoms with Crippen LogP contribution in [0, 0.1) is 0 Å². The zero-order valence-electron chi connectivity index (χ0n) is 22.6. The van der Waals surface area contributed by atoms with Gasteiger partial charge in [0.1, 0.15) is 23.4 Å². The number of hydrogen-bond acceptors (Lipinski definition) is 5. The van der Waals surface area contributed by atoms with Crippen molar-refractivity contribution in [2.45, 2.75) is 58.1 Å². The standard InChI is InChI=1S/C33H35NO5/c1-3-4-8-19-38-27-14-11-24(12-15-27)30-29(31(35)25-13-16-28-26(21-25)20-22(2)39-28)32(36)33(37)34(30)18-17-23-9-6-5-7-10-23/h5-7,9-16,21-22,30,35H,3-4,8,17-20H2,1-2H3/t22-,30-/m1/s1. The molecule has 39 heavy (non-hydrogen) atoms. The van der Waals surface area contributed by atoms with E-state index in [1.807, 2.05) is 73.7 Å². The van der Waals surface area contributed by atoms with E-state index in [0.717, 1.165) is 53.9 Å². The summed E-state index contributed by atoms with van der Waals surface area (Å²) in [5.41, 5.74) is 3.42. The van der Waals surface area contributed by atoms with Gasteiger partial charge < -0.3 is 19.5 Å². The molecule has 3 aromatic carbocycles. The van der Waals surface area contributed by atoms with E-state index in [1.54, 1.807) is 11.0 Å². The molecule has 0 bridgehead atoms. The fraction of sp³-hybridized carbons (Fsp3) is 0.333. The molecule has 1 saturated heterocycles. The second kappa shape index (κ2) is 11.8. The van der Waals surface area contributed by atoms with E-state index in [1.165, 1.54) is 0 Å². The molecule has 2 atom stereocenters. The Morgan fingerprint density at radius 3 is 2.54 bits per heavy atom. The van der Waals surface area contributed by atoms with Crippen LogP contribution in [-0.4, -0.2) is 41.0 Å². The molecule has 2 heterocycles. The monoisotopic (exact) mass is 525 g/mol. The molecule has 0 saturated carbocycles. The first-order chi connectivity index (χ1) is 19.0. The Hall–Kier alpha value is -4.06. The minimum Gasteiger partial charge on any atom is -0.507 e. The summed E-state index contributed by atoms with van der Waals surface area (Å²) in [4.78, 5) is 28.3. The quantitative estimate of drug-likeness (QED) is 0.147. The fourth-order valence-corrected chi connectivity index (χ4v) is 5.36. The molecule has 3 aromatic rings. The van der Waals surface area contributed by atoms with Crippen LogP contribution in [0.3, 0.4) is 0 Å². The van der Waals surface area contributed by atoms with E-state index in [9.17, 15) is 14.7 Å². The first kappa shape index (κ1) is 26.5. The number of unbranched alkanes of at least 4 members (excludes halogenated alkanes) is 2. The van der Waals surface area contributed by atoms with Crippen LogP contribution < -0.4 is 9.47 Å². The molecule has 0 spiro atoms. The maximum absolute atomic E-state index is 13.4. The summed E-state index contributed by atoms with van der Waals surface area (Å²) in [6.07, 6.45) is 4.61. The summed E-state index contributed by atoms with van der Waals surface area (Å²) in [6.45, 7) is 5.14. The lowest BCUT2D eigenvalue weighted by molar-refractivity contribution is -0.139. The van der Waals surface area contributed by atoms with E-state index in [0.29, 0.717) is 25.1 Å². The predicted octanol–water partition coefficient (Wildman–Crippen LogP) is 6.24. The molecular weight excluding hydrogens is 490 g/mol. The van der Waals surface area contributed by atoms with Gasteiger partial charge in [-0.15, -0.1) is 0 Å². The lowest BCUT2D eigenvalue weighted by Crippen LogP contribution is -2.31. The van der Waals surface area contributed by atoms with Gasteiger partial charge in [0.25, 0.3) is 11.7 Å². The topological polar surface area (TPSA) is 76.1 Å². The molecule has 1 fully saturated rings. The van der Waals surface area contributed by atoms with Crippen molar-refractivity contribution in [1.82, 2.24) is 4.90 Å². The average molecular weight is 526 g/mol. The van der Waals surface area contributed by atoms with Crippen molar-refractivity contribution in [2.24, 2.45) is 0 Å². The van der Waals surface area contributed by atoms with Gasteiger partial charge in [0, 0.05) is 18.5 Å².